The first kappa shape index (κ1) is 19.6. The Balaban J connectivity index is 1.57. The second-order valence-electron chi connectivity index (χ2n) is 7.14. The predicted octanol–water partition coefficient (Wildman–Crippen LogP) is 1.48. The molecule has 0 saturated carbocycles. The van der Waals surface area contributed by atoms with Gasteiger partial charge in [0.05, 0.1) is 13.2 Å². The highest BCUT2D eigenvalue weighted by molar-refractivity contribution is 5.78. The second-order valence-corrected chi connectivity index (χ2v) is 7.14. The summed E-state index contributed by atoms with van der Waals surface area (Å²) >= 11 is 0. The van der Waals surface area contributed by atoms with E-state index in [0.717, 1.165) is 32.7 Å². The van der Waals surface area contributed by atoms with Crippen LogP contribution in [0.2, 0.25) is 0 Å². The second kappa shape index (κ2) is 9.71. The molecule has 2 fully saturated rings. The number of carboxylic acid groups (broad SMARTS) is 1. The van der Waals surface area contributed by atoms with Crippen molar-refractivity contribution in [2.45, 2.75) is 25.3 Å². The molecule has 0 unspecified atom stereocenters. The van der Waals surface area contributed by atoms with Crippen molar-refractivity contribution in [2.24, 2.45) is 5.92 Å². The van der Waals surface area contributed by atoms with Crippen molar-refractivity contribution in [1.29, 1.82) is 0 Å². The largest absolute Gasteiger partial charge is 0.484 e. The number of hydrogen-bond acceptors (Lipinski definition) is 5. The van der Waals surface area contributed by atoms with Crippen LogP contribution in [0.5, 0.6) is 5.75 Å². The highest BCUT2D eigenvalue weighted by Crippen LogP contribution is 2.27. The number of piperidine rings is 1. The van der Waals surface area contributed by atoms with Crippen LogP contribution in [0.3, 0.4) is 0 Å². The minimum absolute atomic E-state index is 0.0118. The highest BCUT2D eigenvalue weighted by atomic mass is 16.5. The van der Waals surface area contributed by atoms with Gasteiger partial charge in [-0.05, 0) is 30.9 Å². The topological polar surface area (TPSA) is 79.3 Å². The molecule has 7 heteroatoms. The van der Waals surface area contributed by atoms with E-state index in [0.29, 0.717) is 31.3 Å². The van der Waals surface area contributed by atoms with Crippen molar-refractivity contribution in [3.8, 4) is 5.75 Å². The van der Waals surface area contributed by atoms with Gasteiger partial charge < -0.3 is 19.5 Å². The van der Waals surface area contributed by atoms with E-state index in [4.69, 9.17) is 14.6 Å². The van der Waals surface area contributed by atoms with E-state index < -0.39 is 5.97 Å². The minimum atomic E-state index is -0.786. The van der Waals surface area contributed by atoms with Gasteiger partial charge in [-0.1, -0.05) is 18.2 Å². The maximum absolute atomic E-state index is 12.6. The maximum atomic E-state index is 12.6. The number of rotatable bonds is 7. The number of morpholine rings is 1. The SMILES string of the molecule is O=C(O)CC[C@@H]1CN(C(=O)COc2ccccc2)CC[C@@H]1N1CCOCC1. The first-order valence-corrected chi connectivity index (χ1v) is 9.62. The van der Waals surface area contributed by atoms with Gasteiger partial charge in [-0.2, -0.15) is 0 Å². The molecular weight excluding hydrogens is 348 g/mol. The number of ether oxygens (including phenoxy) is 2. The van der Waals surface area contributed by atoms with Gasteiger partial charge in [0.15, 0.2) is 6.61 Å². The normalized spacial score (nSPS) is 23.8. The average Bonchev–Trinajstić information content (AvgIpc) is 2.71. The van der Waals surface area contributed by atoms with E-state index in [9.17, 15) is 9.59 Å². The zero-order valence-corrected chi connectivity index (χ0v) is 15.6. The molecule has 3 rings (SSSR count). The number of likely N-dealkylation sites (tertiary alicyclic amines) is 1. The molecular formula is C20H28N2O5. The van der Waals surface area contributed by atoms with Gasteiger partial charge in [0.2, 0.25) is 0 Å². The number of hydrogen-bond donors (Lipinski definition) is 1. The molecule has 0 radical (unpaired) electrons. The first-order chi connectivity index (χ1) is 13.1. The summed E-state index contributed by atoms with van der Waals surface area (Å²) in [7, 11) is 0. The fourth-order valence-corrected chi connectivity index (χ4v) is 3.98. The van der Waals surface area contributed by atoms with Gasteiger partial charge >= 0.3 is 5.97 Å². The summed E-state index contributed by atoms with van der Waals surface area (Å²) in [6, 6.07) is 9.61. The Morgan fingerprint density at radius 2 is 1.89 bits per heavy atom. The fraction of sp³-hybridized carbons (Fsp3) is 0.600. The van der Waals surface area contributed by atoms with Gasteiger partial charge in [-0.3, -0.25) is 14.5 Å². The molecule has 2 aliphatic rings. The summed E-state index contributed by atoms with van der Waals surface area (Å²) in [4.78, 5) is 27.9. The zero-order valence-electron chi connectivity index (χ0n) is 15.6. The van der Waals surface area contributed by atoms with Crippen molar-refractivity contribution < 1.29 is 24.2 Å². The van der Waals surface area contributed by atoms with E-state index in [1.54, 1.807) is 0 Å². The molecule has 2 heterocycles. The number of amides is 1. The molecule has 148 valence electrons. The van der Waals surface area contributed by atoms with Crippen molar-refractivity contribution in [3.05, 3.63) is 30.3 Å². The first-order valence-electron chi connectivity index (χ1n) is 9.62. The lowest BCUT2D eigenvalue weighted by atomic mass is 9.86. The predicted molar refractivity (Wildman–Crippen MR) is 99.7 cm³/mol. The Kier molecular flexibility index (Phi) is 7.06. The van der Waals surface area contributed by atoms with Crippen LogP contribution < -0.4 is 4.74 Å². The van der Waals surface area contributed by atoms with Crippen molar-refractivity contribution >= 4 is 11.9 Å². The monoisotopic (exact) mass is 376 g/mol. The van der Waals surface area contributed by atoms with Gasteiger partial charge in [0.25, 0.3) is 5.91 Å². The molecule has 1 amide bonds. The highest BCUT2D eigenvalue weighted by Gasteiger charge is 2.35. The molecule has 27 heavy (non-hydrogen) atoms. The molecule has 1 aromatic rings. The molecule has 7 nitrogen and oxygen atoms in total. The van der Waals surface area contributed by atoms with Crippen LogP contribution in [0, 0.1) is 5.92 Å². The number of carbonyl (C=O) groups excluding carboxylic acids is 1. The molecule has 1 aromatic carbocycles. The molecule has 2 saturated heterocycles. The summed E-state index contributed by atoms with van der Waals surface area (Å²) in [5.41, 5.74) is 0. The van der Waals surface area contributed by atoms with Gasteiger partial charge in [-0.25, -0.2) is 0 Å². The smallest absolute Gasteiger partial charge is 0.303 e. The number of benzene rings is 1. The van der Waals surface area contributed by atoms with E-state index in [2.05, 4.69) is 4.90 Å². The quantitative estimate of drug-likeness (QED) is 0.777. The Labute approximate surface area is 159 Å². The average molecular weight is 376 g/mol. The van der Waals surface area contributed by atoms with Crippen molar-refractivity contribution in [1.82, 2.24) is 9.80 Å². The van der Waals surface area contributed by atoms with Crippen LogP contribution in [0.4, 0.5) is 0 Å². The zero-order chi connectivity index (χ0) is 19.1. The number of nitrogens with zero attached hydrogens (tertiary/aromatic N) is 2. The lowest BCUT2D eigenvalue weighted by Gasteiger charge is -2.45. The Bertz CT molecular complexity index is 618. The summed E-state index contributed by atoms with van der Waals surface area (Å²) in [5.74, 6) is 0.0105. The lowest BCUT2D eigenvalue weighted by molar-refractivity contribution is -0.138. The molecule has 2 atom stereocenters. The molecule has 0 bridgehead atoms. The third-order valence-corrected chi connectivity index (χ3v) is 5.40. The number of carboxylic acids is 1. The van der Waals surface area contributed by atoms with Crippen LogP contribution in [0.25, 0.3) is 0 Å². The summed E-state index contributed by atoms with van der Waals surface area (Å²) in [6.45, 7) is 4.47. The molecule has 0 aromatic heterocycles. The summed E-state index contributed by atoms with van der Waals surface area (Å²) in [6.07, 6.45) is 1.58. The minimum Gasteiger partial charge on any atom is -0.484 e. The summed E-state index contributed by atoms with van der Waals surface area (Å²) < 4.78 is 11.0. The van der Waals surface area contributed by atoms with Gasteiger partial charge in [0, 0.05) is 38.6 Å². The van der Waals surface area contributed by atoms with E-state index in [1.165, 1.54) is 0 Å². The van der Waals surface area contributed by atoms with Crippen molar-refractivity contribution in [3.63, 3.8) is 0 Å². The van der Waals surface area contributed by atoms with Crippen LogP contribution in [-0.4, -0.2) is 78.8 Å². The van der Waals surface area contributed by atoms with Gasteiger partial charge in [0.1, 0.15) is 5.75 Å². The lowest BCUT2D eigenvalue weighted by Crippen LogP contribution is -2.55. The fourth-order valence-electron chi connectivity index (χ4n) is 3.98. The van der Waals surface area contributed by atoms with Crippen LogP contribution in [0.15, 0.2) is 30.3 Å². The third-order valence-electron chi connectivity index (χ3n) is 5.40. The van der Waals surface area contributed by atoms with Crippen LogP contribution in [-0.2, 0) is 14.3 Å². The Morgan fingerprint density at radius 1 is 1.15 bits per heavy atom. The maximum Gasteiger partial charge on any atom is 0.303 e. The van der Waals surface area contributed by atoms with Crippen molar-refractivity contribution in [2.75, 3.05) is 46.0 Å². The van der Waals surface area contributed by atoms with E-state index in [-0.39, 0.29) is 24.9 Å². The number of aliphatic carboxylic acids is 1. The standard InChI is InChI=1S/C20H28N2O5/c23-19(15-27-17-4-2-1-3-5-17)22-9-8-18(21-10-12-26-13-11-21)16(14-22)6-7-20(24)25/h1-5,16,18H,6-15H2,(H,24,25)/t16-,18+/m1/s1. The Hall–Kier alpha value is -2.12. The Morgan fingerprint density at radius 3 is 2.59 bits per heavy atom. The van der Waals surface area contributed by atoms with E-state index in [1.807, 2.05) is 35.2 Å². The molecule has 0 aliphatic carbocycles. The number of para-hydroxylation sites is 1. The van der Waals surface area contributed by atoms with E-state index >= 15 is 0 Å². The number of carbonyl (C=O) groups is 2. The molecule has 0 spiro atoms. The third kappa shape index (κ3) is 5.68. The summed E-state index contributed by atoms with van der Waals surface area (Å²) in [5, 5.41) is 9.09. The molecule has 1 N–H and O–H groups in total. The van der Waals surface area contributed by atoms with Crippen LogP contribution in [0.1, 0.15) is 19.3 Å². The molecule has 2 aliphatic heterocycles. The van der Waals surface area contributed by atoms with Gasteiger partial charge in [-0.15, -0.1) is 0 Å². The van der Waals surface area contributed by atoms with Crippen LogP contribution >= 0.6 is 0 Å².